The fraction of sp³-hybridized carbons (Fsp3) is 0.357. The van der Waals surface area contributed by atoms with Crippen LogP contribution in [-0.2, 0) is 6.54 Å². The van der Waals surface area contributed by atoms with Gasteiger partial charge in [0.1, 0.15) is 0 Å². The molecule has 1 aromatic carbocycles. The number of aromatic nitrogens is 1. The first kappa shape index (κ1) is 13.6. The average molecular weight is 355 g/mol. The molecule has 2 aromatic rings. The molecule has 0 spiro atoms. The molecule has 3 rings (SSSR count). The highest BCUT2D eigenvalue weighted by Crippen LogP contribution is 2.33. The van der Waals surface area contributed by atoms with Gasteiger partial charge in [-0.25, -0.2) is 4.98 Å². The molecule has 0 aliphatic heterocycles. The van der Waals surface area contributed by atoms with Crippen LogP contribution in [0.1, 0.15) is 24.1 Å². The summed E-state index contributed by atoms with van der Waals surface area (Å²) in [7, 11) is 0. The monoisotopic (exact) mass is 354 g/mol. The van der Waals surface area contributed by atoms with E-state index in [0.717, 1.165) is 22.6 Å². The Morgan fingerprint density at radius 2 is 2.32 bits per heavy atom. The van der Waals surface area contributed by atoms with Crippen molar-refractivity contribution in [2.75, 3.05) is 0 Å². The molecular weight excluding hydrogens is 340 g/mol. The fourth-order valence-corrected chi connectivity index (χ4v) is 4.28. The summed E-state index contributed by atoms with van der Waals surface area (Å²) in [6.07, 6.45) is 2.66. The lowest BCUT2D eigenvalue weighted by molar-refractivity contribution is 0.685. The Labute approximate surface area is 130 Å². The largest absolute Gasteiger partial charge is 0.310 e. The van der Waals surface area contributed by atoms with Crippen molar-refractivity contribution in [2.24, 2.45) is 0 Å². The number of halogens is 1. The fourth-order valence-electron chi connectivity index (χ4n) is 1.76. The van der Waals surface area contributed by atoms with Gasteiger partial charge in [-0.1, -0.05) is 33.8 Å². The van der Waals surface area contributed by atoms with Crippen molar-refractivity contribution in [3.8, 4) is 0 Å². The molecule has 5 heteroatoms. The smallest absolute Gasteiger partial charge is 0.154 e. The van der Waals surface area contributed by atoms with Gasteiger partial charge in [-0.15, -0.1) is 11.3 Å². The number of thiazole rings is 1. The van der Waals surface area contributed by atoms with Crippen molar-refractivity contribution in [1.82, 2.24) is 10.3 Å². The Bertz CT molecular complexity index is 579. The minimum atomic E-state index is 0.749. The third-order valence-electron chi connectivity index (χ3n) is 2.99. The lowest BCUT2D eigenvalue weighted by Crippen LogP contribution is -2.15. The Hall–Kier alpha value is -0.360. The topological polar surface area (TPSA) is 24.9 Å². The van der Waals surface area contributed by atoms with E-state index in [0.29, 0.717) is 0 Å². The number of benzene rings is 1. The zero-order valence-corrected chi connectivity index (χ0v) is 13.9. The molecule has 0 radical (unpaired) electrons. The summed E-state index contributed by atoms with van der Waals surface area (Å²) in [6, 6.07) is 7.31. The second-order valence-electron chi connectivity index (χ2n) is 4.77. The van der Waals surface area contributed by atoms with E-state index in [9.17, 15) is 0 Å². The van der Waals surface area contributed by atoms with Gasteiger partial charge in [-0.2, -0.15) is 0 Å². The Morgan fingerprint density at radius 3 is 2.95 bits per heavy atom. The summed E-state index contributed by atoms with van der Waals surface area (Å²) in [4.78, 5) is 5.71. The first-order chi connectivity index (χ1) is 9.20. The Morgan fingerprint density at radius 1 is 1.47 bits per heavy atom. The molecule has 0 atom stereocenters. The molecule has 1 saturated carbocycles. The minimum Gasteiger partial charge on any atom is -0.310 e. The quantitative estimate of drug-likeness (QED) is 0.847. The van der Waals surface area contributed by atoms with Crippen LogP contribution >= 0.6 is 39.0 Å². The summed E-state index contributed by atoms with van der Waals surface area (Å²) < 4.78 is 2.28. The second kappa shape index (κ2) is 5.95. The van der Waals surface area contributed by atoms with E-state index in [4.69, 9.17) is 0 Å². The van der Waals surface area contributed by atoms with E-state index >= 15 is 0 Å². The highest BCUT2D eigenvalue weighted by Gasteiger charge is 2.20. The highest BCUT2D eigenvalue weighted by molar-refractivity contribution is 9.10. The van der Waals surface area contributed by atoms with Crippen molar-refractivity contribution in [2.45, 2.75) is 41.6 Å². The van der Waals surface area contributed by atoms with Crippen LogP contribution in [0, 0.1) is 6.92 Å². The molecular formula is C14H15BrN2S2. The summed E-state index contributed by atoms with van der Waals surface area (Å²) in [5.74, 6) is 0. The van der Waals surface area contributed by atoms with Crippen LogP contribution in [-0.4, -0.2) is 11.0 Å². The van der Waals surface area contributed by atoms with E-state index in [2.05, 4.69) is 49.8 Å². The van der Waals surface area contributed by atoms with E-state index in [-0.39, 0.29) is 0 Å². The van der Waals surface area contributed by atoms with E-state index in [1.165, 1.54) is 27.8 Å². The molecule has 0 saturated heterocycles. The van der Waals surface area contributed by atoms with Crippen LogP contribution < -0.4 is 5.32 Å². The van der Waals surface area contributed by atoms with Crippen molar-refractivity contribution < 1.29 is 0 Å². The van der Waals surface area contributed by atoms with Crippen LogP contribution in [0.3, 0.4) is 0 Å². The van der Waals surface area contributed by atoms with Gasteiger partial charge in [0.25, 0.3) is 0 Å². The minimum absolute atomic E-state index is 0.749. The normalized spacial score (nSPS) is 14.8. The number of hydrogen-bond donors (Lipinski definition) is 1. The number of nitrogens with one attached hydrogen (secondary N) is 1. The molecule has 1 aliphatic rings. The molecule has 1 N–H and O–H groups in total. The third-order valence-corrected chi connectivity index (χ3v) is 5.77. The van der Waals surface area contributed by atoms with Crippen LogP contribution in [0.25, 0.3) is 0 Å². The number of nitrogens with zero attached hydrogens (tertiary/aromatic N) is 1. The molecule has 0 amide bonds. The first-order valence-corrected chi connectivity index (χ1v) is 8.81. The van der Waals surface area contributed by atoms with Crippen LogP contribution in [0.2, 0.25) is 0 Å². The molecule has 1 fully saturated rings. The third kappa shape index (κ3) is 3.81. The average Bonchev–Trinajstić information content (AvgIpc) is 3.12. The predicted octanol–water partition coefficient (Wildman–Crippen LogP) is 4.62. The molecule has 1 heterocycles. The van der Waals surface area contributed by atoms with Gasteiger partial charge in [-0.05, 0) is 37.5 Å². The maximum atomic E-state index is 4.48. The molecule has 2 nitrogen and oxygen atoms in total. The lowest BCUT2D eigenvalue weighted by Gasteiger charge is -2.07. The Kier molecular flexibility index (Phi) is 4.27. The summed E-state index contributed by atoms with van der Waals surface area (Å²) in [5, 5.41) is 5.63. The summed E-state index contributed by atoms with van der Waals surface area (Å²) in [6.45, 7) is 2.98. The van der Waals surface area contributed by atoms with Crippen LogP contribution in [0.15, 0.2) is 37.3 Å². The van der Waals surface area contributed by atoms with Gasteiger partial charge in [-0.3, -0.25) is 0 Å². The number of aryl methyl sites for hydroxylation is 1. The van der Waals surface area contributed by atoms with Gasteiger partial charge < -0.3 is 5.32 Å². The first-order valence-electron chi connectivity index (χ1n) is 6.32. The van der Waals surface area contributed by atoms with Gasteiger partial charge >= 0.3 is 0 Å². The SMILES string of the molecule is Cc1csc(Sc2ccc(CNC3CC3)c(Br)c2)n1. The maximum Gasteiger partial charge on any atom is 0.154 e. The summed E-state index contributed by atoms with van der Waals surface area (Å²) >= 11 is 7.09. The maximum absolute atomic E-state index is 4.48. The standard InChI is InChI=1S/C14H15BrN2S2/c1-9-8-18-14(17-9)19-12-5-2-10(13(15)6-12)7-16-11-3-4-11/h2,5-6,8,11,16H,3-4,7H2,1H3. The van der Waals surface area contributed by atoms with Crippen LogP contribution in [0.5, 0.6) is 0 Å². The molecule has 0 bridgehead atoms. The van der Waals surface area contributed by atoms with Crippen molar-refractivity contribution in [1.29, 1.82) is 0 Å². The van der Waals surface area contributed by atoms with Gasteiger partial charge in [0.2, 0.25) is 0 Å². The van der Waals surface area contributed by atoms with Crippen molar-refractivity contribution in [3.63, 3.8) is 0 Å². The molecule has 19 heavy (non-hydrogen) atoms. The zero-order valence-electron chi connectivity index (χ0n) is 10.6. The second-order valence-corrected chi connectivity index (χ2v) is 7.80. The summed E-state index contributed by atoms with van der Waals surface area (Å²) in [5.41, 5.74) is 2.42. The van der Waals surface area contributed by atoms with Crippen LogP contribution in [0.4, 0.5) is 0 Å². The van der Waals surface area contributed by atoms with E-state index < -0.39 is 0 Å². The molecule has 0 unspecified atom stereocenters. The molecule has 100 valence electrons. The molecule has 1 aromatic heterocycles. The molecule has 1 aliphatic carbocycles. The highest BCUT2D eigenvalue weighted by atomic mass is 79.9. The van der Waals surface area contributed by atoms with Gasteiger partial charge in [0.15, 0.2) is 4.34 Å². The van der Waals surface area contributed by atoms with E-state index in [1.54, 1.807) is 23.1 Å². The number of rotatable bonds is 5. The van der Waals surface area contributed by atoms with Gasteiger partial charge in [0.05, 0.1) is 0 Å². The predicted molar refractivity (Wildman–Crippen MR) is 85.0 cm³/mol. The number of hydrogen-bond acceptors (Lipinski definition) is 4. The van der Waals surface area contributed by atoms with Gasteiger partial charge in [0, 0.05) is 33.0 Å². The zero-order chi connectivity index (χ0) is 13.2. The van der Waals surface area contributed by atoms with Crippen molar-refractivity contribution in [3.05, 3.63) is 39.3 Å². The lowest BCUT2D eigenvalue weighted by atomic mass is 10.2. The Balaban J connectivity index is 1.67. The van der Waals surface area contributed by atoms with E-state index in [1.807, 2.05) is 6.92 Å². The van der Waals surface area contributed by atoms with Crippen molar-refractivity contribution >= 4 is 39.0 Å².